The molecule has 19 heteroatoms. The summed E-state index contributed by atoms with van der Waals surface area (Å²) in [7, 11) is 0. The van der Waals surface area contributed by atoms with E-state index in [1.54, 1.807) is 22.7 Å². The van der Waals surface area contributed by atoms with Crippen LogP contribution in [0.2, 0.25) is 5.02 Å². The highest BCUT2D eigenvalue weighted by atomic mass is 35.5. The van der Waals surface area contributed by atoms with E-state index in [0.717, 1.165) is 107 Å². The molecule has 16 nitrogen and oxygen atoms in total. The van der Waals surface area contributed by atoms with Gasteiger partial charge in [-0.15, -0.1) is 32.9 Å². The van der Waals surface area contributed by atoms with Crippen LogP contribution in [-0.2, 0) is 19.2 Å². The molecule has 3 fully saturated rings. The number of rotatable bonds is 13. The Labute approximate surface area is 441 Å². The van der Waals surface area contributed by atoms with E-state index in [-0.39, 0.29) is 61.6 Å². The van der Waals surface area contributed by atoms with Crippen LogP contribution in [0.15, 0.2) is 59.0 Å². The maximum atomic E-state index is 14.3. The number of nitrogens with zero attached hydrogens (tertiary/aromatic N) is 8. The third kappa shape index (κ3) is 11.5. The molecular weight excluding hydrogens is 982 g/mol. The molecule has 4 N–H and O–H groups in total. The monoisotopic (exact) mass is 1050 g/mol. The first-order valence-corrected chi connectivity index (χ1v) is 27.6. The summed E-state index contributed by atoms with van der Waals surface area (Å²) in [5.41, 5.74) is 8.04. The van der Waals surface area contributed by atoms with E-state index in [9.17, 15) is 24.3 Å². The number of carbonyl (C=O) groups excluding carboxylic acids is 4. The molecule has 73 heavy (non-hydrogen) atoms. The SMILES string of the molecule is Cc1ncsc1-c1ccc([C@H](C)NC(=O)[C@@H]2CC(O)CN2C(=O)[C@@H](NC(=O)CN2CCC(N3CCC(NC(=O)C[C@@H]4N=C(c5ccc(Cl)cc5)c5c(sc(C)c5C)-n5c(C)nnc54)CC3)CC2)C(C)(C)C)cc1. The second-order valence-electron chi connectivity index (χ2n) is 21.4. The predicted molar refractivity (Wildman–Crippen MR) is 286 cm³/mol. The minimum absolute atomic E-state index is 0.0108. The number of nitrogens with one attached hydrogen (secondary N) is 3. The number of aliphatic imine (C=N–C) groups is 1. The van der Waals surface area contributed by atoms with Gasteiger partial charge in [-0.25, -0.2) is 4.98 Å². The van der Waals surface area contributed by atoms with Gasteiger partial charge in [-0.1, -0.05) is 68.8 Å². The molecule has 3 aromatic heterocycles. The van der Waals surface area contributed by atoms with E-state index in [4.69, 9.17) is 16.6 Å². The summed E-state index contributed by atoms with van der Waals surface area (Å²) < 4.78 is 2.07. The van der Waals surface area contributed by atoms with Crippen molar-refractivity contribution in [1.29, 1.82) is 0 Å². The topological polar surface area (TPSA) is 190 Å². The molecule has 0 saturated carbocycles. The van der Waals surface area contributed by atoms with Gasteiger partial charge in [0.2, 0.25) is 23.6 Å². The molecule has 3 saturated heterocycles. The van der Waals surface area contributed by atoms with Crippen molar-refractivity contribution in [3.63, 3.8) is 0 Å². The number of thiazole rings is 1. The van der Waals surface area contributed by atoms with Crippen molar-refractivity contribution in [3.8, 4) is 15.4 Å². The van der Waals surface area contributed by atoms with Gasteiger partial charge in [0.25, 0.3) is 0 Å². The Morgan fingerprint density at radius 1 is 0.877 bits per heavy atom. The van der Waals surface area contributed by atoms with E-state index >= 15 is 0 Å². The molecule has 0 radical (unpaired) electrons. The minimum Gasteiger partial charge on any atom is -0.391 e. The first-order valence-electron chi connectivity index (χ1n) is 25.5. The van der Waals surface area contributed by atoms with Crippen molar-refractivity contribution in [1.82, 2.24) is 50.4 Å². The van der Waals surface area contributed by atoms with Gasteiger partial charge in [0.15, 0.2) is 5.82 Å². The van der Waals surface area contributed by atoms with E-state index in [0.29, 0.717) is 16.9 Å². The summed E-state index contributed by atoms with van der Waals surface area (Å²) in [6, 6.07) is 13.5. The van der Waals surface area contributed by atoms with Crippen LogP contribution in [0.5, 0.6) is 0 Å². The lowest BCUT2D eigenvalue weighted by atomic mass is 9.85. The molecule has 5 atom stereocenters. The van der Waals surface area contributed by atoms with Crippen LogP contribution in [0.25, 0.3) is 15.4 Å². The Hall–Kier alpha value is -5.37. The standard InChI is InChI=1S/C54H68ClN11O5S2/c1-30-33(4)73-53-46(30)47(36-13-15-38(55)16-14-36)59-42(50-62-61-34(5)66(50)53)26-44(68)58-39-17-23-64(24-18-39)40-19-21-63(22-20-40)28-45(69)60-49(54(6,7)8)52(71)65-27-41(67)25-43(65)51(70)57-31(2)35-9-11-37(12-10-35)48-32(3)56-29-72-48/h9-16,29,31,39-43,49,67H,17-28H2,1-8H3,(H,57,70)(H,58,68)(H,60,69)/t31-,41?,42-,43-,49+/m0/s1. The molecular formula is C54H68ClN11O5S2. The van der Waals surface area contributed by atoms with Crippen LogP contribution in [0.3, 0.4) is 0 Å². The van der Waals surface area contributed by atoms with Crippen molar-refractivity contribution < 1.29 is 24.3 Å². The molecule has 2 aromatic carbocycles. The molecule has 0 aliphatic carbocycles. The number of thiophene rings is 1. The molecule has 388 valence electrons. The maximum Gasteiger partial charge on any atom is 0.246 e. The second-order valence-corrected chi connectivity index (χ2v) is 23.9. The third-order valence-electron chi connectivity index (χ3n) is 15.1. The predicted octanol–water partition coefficient (Wildman–Crippen LogP) is 7.04. The summed E-state index contributed by atoms with van der Waals surface area (Å²) >= 11 is 9.57. The zero-order chi connectivity index (χ0) is 51.9. The van der Waals surface area contributed by atoms with Crippen molar-refractivity contribution in [2.45, 2.75) is 136 Å². The number of aliphatic hydroxyl groups excluding tert-OH is 1. The molecule has 4 amide bonds. The van der Waals surface area contributed by atoms with Gasteiger partial charge in [0, 0.05) is 72.3 Å². The van der Waals surface area contributed by atoms with E-state index in [1.165, 1.54) is 9.78 Å². The smallest absolute Gasteiger partial charge is 0.246 e. The summed E-state index contributed by atoms with van der Waals surface area (Å²) in [5.74, 6) is 0.375. The Morgan fingerprint density at radius 3 is 2.22 bits per heavy atom. The minimum atomic E-state index is -0.904. The summed E-state index contributed by atoms with van der Waals surface area (Å²) in [4.78, 5) is 73.8. The number of amides is 4. The van der Waals surface area contributed by atoms with Crippen LogP contribution < -0.4 is 16.0 Å². The number of aliphatic hydroxyl groups is 1. The Bertz CT molecular complexity index is 2860. The highest BCUT2D eigenvalue weighted by Gasteiger charge is 2.45. The lowest BCUT2D eigenvalue weighted by molar-refractivity contribution is -0.144. The number of aryl methyl sites for hydroxylation is 3. The number of benzene rings is 2. The Morgan fingerprint density at radius 2 is 1.56 bits per heavy atom. The lowest BCUT2D eigenvalue weighted by Crippen LogP contribution is -2.59. The number of likely N-dealkylation sites (tertiary alicyclic amines) is 3. The zero-order valence-electron chi connectivity index (χ0n) is 43.1. The van der Waals surface area contributed by atoms with Crippen LogP contribution in [-0.4, -0.2) is 138 Å². The molecule has 9 rings (SSSR count). The van der Waals surface area contributed by atoms with Crippen molar-refractivity contribution in [2.24, 2.45) is 10.4 Å². The molecule has 4 aliphatic rings. The van der Waals surface area contributed by atoms with E-state index in [2.05, 4.69) is 59.3 Å². The van der Waals surface area contributed by atoms with Gasteiger partial charge in [0.05, 0.1) is 46.9 Å². The summed E-state index contributed by atoms with van der Waals surface area (Å²) in [6.45, 7) is 19.1. The number of halogens is 1. The van der Waals surface area contributed by atoms with Gasteiger partial charge in [-0.3, -0.25) is 33.6 Å². The van der Waals surface area contributed by atoms with Crippen molar-refractivity contribution in [3.05, 3.63) is 104 Å². The highest BCUT2D eigenvalue weighted by Crippen LogP contribution is 2.40. The van der Waals surface area contributed by atoms with Crippen LogP contribution in [0, 0.1) is 33.1 Å². The first-order chi connectivity index (χ1) is 34.8. The summed E-state index contributed by atoms with van der Waals surface area (Å²) in [6.07, 6.45) is 2.88. The zero-order valence-corrected chi connectivity index (χ0v) is 45.5. The fourth-order valence-corrected chi connectivity index (χ4v) is 13.0. The van der Waals surface area contributed by atoms with Gasteiger partial charge in [-0.05, 0) is 94.5 Å². The van der Waals surface area contributed by atoms with E-state index < -0.39 is 29.6 Å². The quantitative estimate of drug-likeness (QED) is 0.0953. The number of hydrogen-bond acceptors (Lipinski definition) is 13. The van der Waals surface area contributed by atoms with Gasteiger partial charge >= 0.3 is 0 Å². The van der Waals surface area contributed by atoms with Crippen molar-refractivity contribution in [2.75, 3.05) is 39.3 Å². The molecule has 4 aliphatic heterocycles. The normalized spacial score (nSPS) is 20.9. The van der Waals surface area contributed by atoms with Crippen LogP contribution >= 0.6 is 34.3 Å². The number of carbonyl (C=O) groups is 4. The Balaban J connectivity index is 0.749. The average Bonchev–Trinajstić information content (AvgIpc) is 4.13. The van der Waals surface area contributed by atoms with Gasteiger partial charge in [0.1, 0.15) is 29.0 Å². The Kier molecular flexibility index (Phi) is 15.7. The molecule has 7 heterocycles. The average molecular weight is 1050 g/mol. The largest absolute Gasteiger partial charge is 0.391 e. The molecule has 1 unspecified atom stereocenters. The number of fused-ring (bicyclic) bond motifs is 3. The third-order valence-corrected chi connectivity index (χ3v) is 17.6. The number of β-amino-alcohol motifs (C(OH)–C–C–N with tert-alkyl or cyclic N) is 1. The number of hydrogen-bond donors (Lipinski definition) is 4. The number of aromatic nitrogens is 4. The molecule has 5 aromatic rings. The fourth-order valence-electron chi connectivity index (χ4n) is 10.9. The first kappa shape index (κ1) is 52.5. The van der Waals surface area contributed by atoms with Crippen molar-refractivity contribution >= 4 is 63.6 Å². The van der Waals surface area contributed by atoms with Crippen LogP contribution in [0.1, 0.15) is 123 Å². The van der Waals surface area contributed by atoms with Gasteiger partial charge < -0.3 is 30.9 Å². The molecule has 0 bridgehead atoms. The lowest BCUT2D eigenvalue weighted by Gasteiger charge is -2.42. The molecule has 0 spiro atoms. The fraction of sp³-hybridized carbons (Fsp3) is 0.519. The van der Waals surface area contributed by atoms with Gasteiger partial charge in [-0.2, -0.15) is 0 Å². The highest BCUT2D eigenvalue weighted by molar-refractivity contribution is 7.15. The maximum absolute atomic E-state index is 14.3. The summed E-state index contributed by atoms with van der Waals surface area (Å²) in [5, 5.41) is 30.9. The second kappa shape index (κ2) is 21.8. The number of piperidine rings is 2. The van der Waals surface area contributed by atoms with Crippen LogP contribution in [0.4, 0.5) is 0 Å². The van der Waals surface area contributed by atoms with E-state index in [1.807, 2.05) is 95.6 Å².